The van der Waals surface area contributed by atoms with Gasteiger partial charge in [-0.3, -0.25) is 4.98 Å². The topological polar surface area (TPSA) is 55.2 Å². The average Bonchev–Trinajstić information content (AvgIpc) is 2.85. The maximum atomic E-state index is 9.49. The van der Waals surface area contributed by atoms with Gasteiger partial charge in [0.15, 0.2) is 0 Å². The van der Waals surface area contributed by atoms with Gasteiger partial charge in [0.05, 0.1) is 17.1 Å². The second-order valence-electron chi connectivity index (χ2n) is 8.21. The normalized spacial score (nSPS) is 14.3. The number of hydrogen-bond acceptors (Lipinski definition) is 5. The molecule has 1 aliphatic heterocycles. The summed E-state index contributed by atoms with van der Waals surface area (Å²) in [7, 11) is 2.17. The molecule has 2 heterocycles. The van der Waals surface area contributed by atoms with Crippen molar-refractivity contribution in [2.45, 2.75) is 0 Å². The first kappa shape index (κ1) is 20.0. The number of rotatable bonds is 4. The third-order valence-corrected chi connectivity index (χ3v) is 6.11. The van der Waals surface area contributed by atoms with Crippen LogP contribution in [0.25, 0.3) is 22.0 Å². The summed E-state index contributed by atoms with van der Waals surface area (Å²) in [5.74, 6) is 0. The summed E-state index contributed by atoms with van der Waals surface area (Å²) in [4.78, 5) is 9.33. The molecule has 1 aliphatic rings. The van der Waals surface area contributed by atoms with Gasteiger partial charge in [-0.2, -0.15) is 5.26 Å². The highest BCUT2D eigenvalue weighted by Crippen LogP contribution is 2.31. The zero-order valence-electron chi connectivity index (χ0n) is 18.1. The predicted octanol–water partition coefficient (Wildman–Crippen LogP) is 5.27. The molecular formula is C27H25N5. The van der Waals surface area contributed by atoms with Crippen molar-refractivity contribution in [1.29, 1.82) is 5.26 Å². The average molecular weight is 420 g/mol. The molecule has 0 unspecified atom stereocenters. The van der Waals surface area contributed by atoms with Gasteiger partial charge in [0.25, 0.3) is 0 Å². The smallest absolute Gasteiger partial charge is 0.0998 e. The molecule has 0 spiro atoms. The van der Waals surface area contributed by atoms with Crippen LogP contribution in [0, 0.1) is 11.3 Å². The van der Waals surface area contributed by atoms with Crippen molar-refractivity contribution >= 4 is 28.0 Å². The molecule has 1 fully saturated rings. The number of nitriles is 1. The van der Waals surface area contributed by atoms with Gasteiger partial charge in [0.2, 0.25) is 0 Å². The fourth-order valence-electron chi connectivity index (χ4n) is 4.23. The lowest BCUT2D eigenvalue weighted by molar-refractivity contribution is 0.313. The molecule has 0 aliphatic carbocycles. The van der Waals surface area contributed by atoms with Crippen molar-refractivity contribution in [3.63, 3.8) is 0 Å². The van der Waals surface area contributed by atoms with E-state index in [1.165, 1.54) is 5.69 Å². The summed E-state index contributed by atoms with van der Waals surface area (Å²) < 4.78 is 0. The number of fused-ring (bicyclic) bond motifs is 1. The highest BCUT2D eigenvalue weighted by atomic mass is 15.2. The van der Waals surface area contributed by atoms with Crippen molar-refractivity contribution in [2.75, 3.05) is 43.4 Å². The Labute approximate surface area is 188 Å². The van der Waals surface area contributed by atoms with E-state index in [4.69, 9.17) is 0 Å². The Hall–Kier alpha value is -3.88. The molecule has 5 rings (SSSR count). The zero-order valence-corrected chi connectivity index (χ0v) is 18.1. The summed E-state index contributed by atoms with van der Waals surface area (Å²) >= 11 is 0. The van der Waals surface area contributed by atoms with E-state index >= 15 is 0 Å². The highest BCUT2D eigenvalue weighted by molar-refractivity contribution is 5.96. The van der Waals surface area contributed by atoms with Crippen molar-refractivity contribution in [1.82, 2.24) is 9.88 Å². The maximum Gasteiger partial charge on any atom is 0.0998 e. The van der Waals surface area contributed by atoms with E-state index in [0.29, 0.717) is 5.56 Å². The zero-order chi connectivity index (χ0) is 21.9. The summed E-state index contributed by atoms with van der Waals surface area (Å²) in [5.41, 5.74) is 6.84. The number of benzene rings is 3. The largest absolute Gasteiger partial charge is 0.369 e. The maximum absolute atomic E-state index is 9.49. The van der Waals surface area contributed by atoms with Gasteiger partial charge >= 0.3 is 0 Å². The number of nitrogens with one attached hydrogen (secondary N) is 1. The Bertz CT molecular complexity index is 1280. The van der Waals surface area contributed by atoms with Crippen LogP contribution in [-0.4, -0.2) is 43.1 Å². The van der Waals surface area contributed by atoms with E-state index in [-0.39, 0.29) is 0 Å². The minimum absolute atomic E-state index is 0.671. The monoisotopic (exact) mass is 419 g/mol. The molecule has 32 heavy (non-hydrogen) atoms. The minimum Gasteiger partial charge on any atom is -0.369 e. The molecule has 1 aromatic heterocycles. The highest BCUT2D eigenvalue weighted by Gasteiger charge is 2.14. The molecule has 0 amide bonds. The second-order valence-corrected chi connectivity index (χ2v) is 8.21. The van der Waals surface area contributed by atoms with Crippen molar-refractivity contribution in [2.24, 2.45) is 0 Å². The first-order chi connectivity index (χ1) is 15.7. The third kappa shape index (κ3) is 4.01. The number of pyridine rings is 1. The lowest BCUT2D eigenvalue weighted by Gasteiger charge is -2.34. The van der Waals surface area contributed by atoms with Gasteiger partial charge < -0.3 is 15.1 Å². The van der Waals surface area contributed by atoms with Crippen LogP contribution in [0.15, 0.2) is 79.0 Å². The number of hydrogen-bond donors (Lipinski definition) is 1. The van der Waals surface area contributed by atoms with E-state index in [2.05, 4.69) is 63.5 Å². The number of nitrogens with zero attached hydrogens (tertiary/aromatic N) is 4. The number of likely N-dealkylation sites (N-methyl/N-ethyl adjacent to an activating group) is 1. The van der Waals surface area contributed by atoms with Crippen LogP contribution in [0.3, 0.4) is 0 Å². The van der Waals surface area contributed by atoms with Crippen LogP contribution in [0.1, 0.15) is 5.56 Å². The van der Waals surface area contributed by atoms with Crippen molar-refractivity contribution < 1.29 is 0 Å². The van der Waals surface area contributed by atoms with Crippen molar-refractivity contribution in [3.8, 4) is 17.2 Å². The fourth-order valence-corrected chi connectivity index (χ4v) is 4.23. The molecular weight excluding hydrogens is 394 g/mol. The van der Waals surface area contributed by atoms with E-state index < -0.39 is 0 Å². The molecule has 3 aromatic carbocycles. The van der Waals surface area contributed by atoms with Gasteiger partial charge in [-0.1, -0.05) is 24.3 Å². The minimum atomic E-state index is 0.671. The van der Waals surface area contributed by atoms with Gasteiger partial charge in [0.1, 0.15) is 0 Å². The van der Waals surface area contributed by atoms with E-state index in [0.717, 1.165) is 59.6 Å². The van der Waals surface area contributed by atoms with Gasteiger partial charge in [-0.15, -0.1) is 0 Å². The lowest BCUT2D eigenvalue weighted by Crippen LogP contribution is -2.44. The molecule has 5 nitrogen and oxygen atoms in total. The Morgan fingerprint density at radius 2 is 1.69 bits per heavy atom. The summed E-state index contributed by atoms with van der Waals surface area (Å²) in [6.45, 7) is 4.32. The number of piperazine rings is 1. The first-order valence-corrected chi connectivity index (χ1v) is 10.9. The molecule has 1 N–H and O–H groups in total. The second kappa shape index (κ2) is 8.70. The SMILES string of the molecule is CN1CCN(c2ccc(Nc3ccnc4ccc(-c5ccccc5C#N)cc34)cc2)CC1. The third-order valence-electron chi connectivity index (χ3n) is 6.11. The Morgan fingerprint density at radius 1 is 0.906 bits per heavy atom. The lowest BCUT2D eigenvalue weighted by atomic mass is 9.98. The molecule has 0 radical (unpaired) electrons. The Morgan fingerprint density at radius 3 is 2.47 bits per heavy atom. The molecule has 1 saturated heterocycles. The first-order valence-electron chi connectivity index (χ1n) is 10.9. The van der Waals surface area contributed by atoms with Crippen molar-refractivity contribution in [3.05, 3.63) is 84.6 Å². The Balaban J connectivity index is 1.44. The van der Waals surface area contributed by atoms with Crippen LogP contribution >= 0.6 is 0 Å². The predicted molar refractivity (Wildman–Crippen MR) is 131 cm³/mol. The molecule has 158 valence electrons. The standard InChI is InChI=1S/C27H25N5/c1-31-14-16-32(17-15-31)23-9-7-22(8-10-23)30-27-12-13-29-26-11-6-20(18-25(26)27)24-5-3-2-4-21(24)19-28/h2-13,18H,14-17H2,1H3,(H,29,30). The van der Waals surface area contributed by atoms with Crippen LogP contribution in [0.2, 0.25) is 0 Å². The summed E-state index contributed by atoms with van der Waals surface area (Å²) in [6, 6.07) is 26.8. The molecule has 5 heteroatoms. The summed E-state index contributed by atoms with van der Waals surface area (Å²) in [6.07, 6.45) is 1.83. The van der Waals surface area contributed by atoms with Gasteiger partial charge in [-0.25, -0.2) is 0 Å². The molecule has 0 atom stereocenters. The van der Waals surface area contributed by atoms with Gasteiger partial charge in [0, 0.05) is 54.8 Å². The number of anilines is 3. The number of aromatic nitrogens is 1. The van der Waals surface area contributed by atoms with Crippen LogP contribution in [0.5, 0.6) is 0 Å². The van der Waals surface area contributed by atoms with E-state index in [9.17, 15) is 5.26 Å². The fraction of sp³-hybridized carbons (Fsp3) is 0.185. The molecule has 0 saturated carbocycles. The quantitative estimate of drug-likeness (QED) is 0.488. The molecule has 4 aromatic rings. The van der Waals surface area contributed by atoms with Gasteiger partial charge in [-0.05, 0) is 66.7 Å². The van der Waals surface area contributed by atoms with Crippen LogP contribution in [-0.2, 0) is 0 Å². The molecule has 0 bridgehead atoms. The van der Waals surface area contributed by atoms with E-state index in [1.807, 2.05) is 48.7 Å². The Kier molecular flexibility index (Phi) is 5.45. The van der Waals surface area contributed by atoms with Crippen LogP contribution in [0.4, 0.5) is 17.1 Å². The summed E-state index contributed by atoms with van der Waals surface area (Å²) in [5, 5.41) is 14.1. The van der Waals surface area contributed by atoms with Crippen LogP contribution < -0.4 is 10.2 Å². The van der Waals surface area contributed by atoms with E-state index in [1.54, 1.807) is 0 Å².